The van der Waals surface area contributed by atoms with E-state index in [0.29, 0.717) is 0 Å². The number of hydrogen-bond acceptors (Lipinski definition) is 5. The number of ether oxygens (including phenoxy) is 4. The first-order valence-electron chi connectivity index (χ1n) is 8.10. The lowest BCUT2D eigenvalue weighted by molar-refractivity contribution is -0.0987. The quantitative estimate of drug-likeness (QED) is 0.532. The first-order valence-corrected chi connectivity index (χ1v) is 8.10. The van der Waals surface area contributed by atoms with Crippen molar-refractivity contribution in [1.29, 1.82) is 0 Å². The molecule has 1 aliphatic rings. The predicted molar refractivity (Wildman–Crippen MR) is 92.1 cm³/mol. The van der Waals surface area contributed by atoms with Gasteiger partial charge in [-0.3, -0.25) is 0 Å². The van der Waals surface area contributed by atoms with Crippen molar-refractivity contribution in [3.63, 3.8) is 0 Å². The average molecular weight is 369 g/mol. The van der Waals surface area contributed by atoms with Crippen LogP contribution in [-0.2, 0) is 18.9 Å². The van der Waals surface area contributed by atoms with Gasteiger partial charge in [0.1, 0.15) is 19.4 Å². The average Bonchev–Trinajstić information content (AvgIpc) is 2.63. The lowest BCUT2D eigenvalue weighted by atomic mass is 9.75. The molecule has 0 bridgehead atoms. The maximum Gasteiger partial charge on any atom is 0.407 e. The van der Waals surface area contributed by atoms with Gasteiger partial charge in [0.15, 0.2) is 0 Å². The molecule has 7 nitrogen and oxygen atoms in total. The Morgan fingerprint density at radius 2 is 1.73 bits per heavy atom. The Bertz CT molecular complexity index is 609. The highest BCUT2D eigenvalue weighted by atomic mass is 19.1. The van der Waals surface area contributed by atoms with E-state index in [4.69, 9.17) is 18.9 Å². The van der Waals surface area contributed by atoms with Gasteiger partial charge < -0.3 is 29.0 Å². The van der Waals surface area contributed by atoms with Crippen molar-refractivity contribution < 1.29 is 33.2 Å². The predicted octanol–water partition coefficient (Wildman–Crippen LogP) is 2.43. The number of benzene rings is 1. The van der Waals surface area contributed by atoms with Gasteiger partial charge in [-0.15, -0.1) is 0 Å². The second-order valence-corrected chi connectivity index (χ2v) is 6.08. The molecule has 1 aliphatic heterocycles. The van der Waals surface area contributed by atoms with Crippen LogP contribution in [0.15, 0.2) is 30.3 Å². The molecule has 1 amide bonds. The number of carbonyl (C=O) groups is 1. The topological polar surface area (TPSA) is 77.5 Å². The third-order valence-electron chi connectivity index (χ3n) is 4.17. The molecule has 1 aromatic rings. The maximum absolute atomic E-state index is 13.3. The van der Waals surface area contributed by atoms with E-state index in [9.17, 15) is 14.3 Å². The first kappa shape index (κ1) is 20.3. The molecule has 26 heavy (non-hydrogen) atoms. The van der Waals surface area contributed by atoms with Crippen molar-refractivity contribution in [2.24, 2.45) is 5.41 Å². The fourth-order valence-electron chi connectivity index (χ4n) is 3.06. The smallest absolute Gasteiger partial charge is 0.407 e. The minimum atomic E-state index is -1.03. The van der Waals surface area contributed by atoms with Crippen molar-refractivity contribution in [1.82, 2.24) is 4.90 Å². The Kier molecular flexibility index (Phi) is 7.52. The zero-order valence-corrected chi connectivity index (χ0v) is 14.9. The SMILES string of the molecule is COCOCC1(COCOC)CN(C(=O)O)CC=C1c1ccc(F)cc1. The van der Waals surface area contributed by atoms with Crippen LogP contribution < -0.4 is 0 Å². The van der Waals surface area contributed by atoms with E-state index in [-0.39, 0.29) is 45.7 Å². The van der Waals surface area contributed by atoms with Crippen molar-refractivity contribution in [2.45, 2.75) is 0 Å². The number of methoxy groups -OCH3 is 2. The Hall–Kier alpha value is -2.00. The lowest BCUT2D eigenvalue weighted by Gasteiger charge is -2.42. The van der Waals surface area contributed by atoms with Gasteiger partial charge in [-0.2, -0.15) is 0 Å². The van der Waals surface area contributed by atoms with Crippen molar-refractivity contribution in [3.8, 4) is 0 Å². The summed E-state index contributed by atoms with van der Waals surface area (Å²) >= 11 is 0. The van der Waals surface area contributed by atoms with E-state index in [0.717, 1.165) is 11.1 Å². The monoisotopic (exact) mass is 369 g/mol. The van der Waals surface area contributed by atoms with Crippen LogP contribution in [0.1, 0.15) is 5.56 Å². The molecule has 0 unspecified atom stereocenters. The van der Waals surface area contributed by atoms with Gasteiger partial charge in [0, 0.05) is 27.3 Å². The molecule has 2 rings (SSSR count). The molecule has 0 saturated carbocycles. The molecule has 8 heteroatoms. The first-order chi connectivity index (χ1) is 12.5. The molecule has 0 atom stereocenters. The summed E-state index contributed by atoms with van der Waals surface area (Å²) in [5, 5.41) is 9.42. The molecule has 0 radical (unpaired) electrons. The minimum Gasteiger partial charge on any atom is -0.465 e. The Balaban J connectivity index is 2.38. The third kappa shape index (κ3) is 5.01. The van der Waals surface area contributed by atoms with Crippen LogP contribution in [0, 0.1) is 11.2 Å². The molecule has 1 N–H and O–H groups in total. The Morgan fingerprint density at radius 1 is 1.15 bits per heavy atom. The molecule has 0 aliphatic carbocycles. The van der Waals surface area contributed by atoms with Crippen LogP contribution in [0.25, 0.3) is 5.57 Å². The third-order valence-corrected chi connectivity index (χ3v) is 4.17. The fourth-order valence-corrected chi connectivity index (χ4v) is 3.06. The van der Waals surface area contributed by atoms with E-state index >= 15 is 0 Å². The molecular formula is C18H24FNO6. The van der Waals surface area contributed by atoms with Crippen LogP contribution in [0.3, 0.4) is 0 Å². The van der Waals surface area contributed by atoms with E-state index in [1.165, 1.54) is 31.3 Å². The number of hydrogen-bond donors (Lipinski definition) is 1. The highest BCUT2D eigenvalue weighted by Crippen LogP contribution is 2.40. The minimum absolute atomic E-state index is 0.0653. The van der Waals surface area contributed by atoms with E-state index < -0.39 is 11.5 Å². The number of rotatable bonds is 9. The number of halogens is 1. The van der Waals surface area contributed by atoms with Gasteiger partial charge in [-0.05, 0) is 23.3 Å². The van der Waals surface area contributed by atoms with Crippen molar-refractivity contribution in [2.75, 3.05) is 54.1 Å². The highest BCUT2D eigenvalue weighted by Gasteiger charge is 2.41. The molecule has 0 saturated heterocycles. The van der Waals surface area contributed by atoms with E-state index in [1.54, 1.807) is 12.1 Å². The molecule has 0 fully saturated rings. The summed E-state index contributed by atoms with van der Waals surface area (Å²) in [6.07, 6.45) is 0.791. The number of amides is 1. The van der Waals surface area contributed by atoms with Crippen molar-refractivity contribution in [3.05, 3.63) is 41.7 Å². The number of nitrogens with zero attached hydrogens (tertiary/aromatic N) is 1. The molecule has 0 aromatic heterocycles. The maximum atomic E-state index is 13.3. The van der Waals surface area contributed by atoms with E-state index in [2.05, 4.69) is 0 Å². The van der Waals surface area contributed by atoms with Crippen LogP contribution >= 0.6 is 0 Å². The zero-order chi connectivity index (χ0) is 19.0. The summed E-state index contributed by atoms with van der Waals surface area (Å²) in [5.74, 6) is -0.339. The van der Waals surface area contributed by atoms with Crippen LogP contribution in [0.4, 0.5) is 9.18 Å². The second kappa shape index (κ2) is 9.63. The molecule has 144 valence electrons. The summed E-state index contributed by atoms with van der Waals surface area (Å²) in [5.41, 5.74) is 0.867. The summed E-state index contributed by atoms with van der Waals surface area (Å²) in [6, 6.07) is 6.07. The summed E-state index contributed by atoms with van der Waals surface area (Å²) < 4.78 is 34.4. The molecule has 1 heterocycles. The molecule has 0 spiro atoms. The second-order valence-electron chi connectivity index (χ2n) is 6.08. The lowest BCUT2D eigenvalue weighted by Crippen LogP contribution is -2.50. The van der Waals surface area contributed by atoms with Crippen molar-refractivity contribution >= 4 is 11.7 Å². The van der Waals surface area contributed by atoms with Gasteiger partial charge in [-0.1, -0.05) is 18.2 Å². The van der Waals surface area contributed by atoms with Crippen LogP contribution in [0.5, 0.6) is 0 Å². The van der Waals surface area contributed by atoms with Gasteiger partial charge in [0.25, 0.3) is 0 Å². The molecule has 1 aromatic carbocycles. The summed E-state index contributed by atoms with van der Waals surface area (Å²) in [4.78, 5) is 12.8. The normalized spacial score (nSPS) is 16.4. The Labute approximate surface area is 151 Å². The molecular weight excluding hydrogens is 345 g/mol. The van der Waals surface area contributed by atoms with Gasteiger partial charge in [0.05, 0.1) is 18.6 Å². The van der Waals surface area contributed by atoms with Gasteiger partial charge in [0.2, 0.25) is 0 Å². The van der Waals surface area contributed by atoms with Crippen LogP contribution in [-0.4, -0.2) is 70.2 Å². The summed E-state index contributed by atoms with van der Waals surface area (Å²) in [7, 11) is 3.02. The Morgan fingerprint density at radius 3 is 2.23 bits per heavy atom. The van der Waals surface area contributed by atoms with Crippen LogP contribution in [0.2, 0.25) is 0 Å². The van der Waals surface area contributed by atoms with Gasteiger partial charge >= 0.3 is 6.09 Å². The highest BCUT2D eigenvalue weighted by molar-refractivity contribution is 5.75. The summed E-state index contributed by atoms with van der Waals surface area (Å²) in [6.45, 7) is 0.901. The van der Waals surface area contributed by atoms with E-state index in [1.807, 2.05) is 6.08 Å². The fraction of sp³-hybridized carbons (Fsp3) is 0.500. The zero-order valence-electron chi connectivity index (χ0n) is 14.9. The van der Waals surface area contributed by atoms with Gasteiger partial charge in [-0.25, -0.2) is 9.18 Å². The standard InChI is InChI=1S/C18H24FNO6/c1-23-12-25-10-18(11-26-13-24-2)9-20(17(21)22)8-7-16(18)14-3-5-15(19)6-4-14/h3-7H,8-13H2,1-2H3,(H,21,22). The largest absolute Gasteiger partial charge is 0.465 e. The number of carboxylic acid groups (broad SMARTS) is 1.